The van der Waals surface area contributed by atoms with Crippen LogP contribution in [0.3, 0.4) is 0 Å². The highest BCUT2D eigenvalue weighted by Crippen LogP contribution is 2.48. The normalized spacial score (nSPS) is 21.9. The van der Waals surface area contributed by atoms with Gasteiger partial charge in [0.05, 0.1) is 5.60 Å². The summed E-state index contributed by atoms with van der Waals surface area (Å²) in [6.07, 6.45) is 4.20. The maximum absolute atomic E-state index is 12.0. The molecule has 27 heavy (non-hydrogen) atoms. The van der Waals surface area contributed by atoms with Crippen molar-refractivity contribution in [3.05, 3.63) is 34.4 Å². The predicted molar refractivity (Wildman–Crippen MR) is 115 cm³/mol. The molecular formula is C24H37O2Si. The molecule has 0 aliphatic heterocycles. The van der Waals surface area contributed by atoms with Crippen LogP contribution in [0.4, 0.5) is 0 Å². The zero-order valence-electron chi connectivity index (χ0n) is 18.7. The van der Waals surface area contributed by atoms with E-state index >= 15 is 0 Å². The molecule has 0 bridgehead atoms. The van der Waals surface area contributed by atoms with Crippen LogP contribution in [0.15, 0.2) is 12.1 Å². The lowest BCUT2D eigenvalue weighted by molar-refractivity contribution is -0.0221. The summed E-state index contributed by atoms with van der Waals surface area (Å²) in [4.78, 5) is 12.0. The van der Waals surface area contributed by atoms with E-state index in [1.165, 1.54) is 17.5 Å². The molecule has 1 aliphatic carbocycles. The number of benzene rings is 1. The van der Waals surface area contributed by atoms with E-state index in [0.717, 1.165) is 30.3 Å². The summed E-state index contributed by atoms with van der Waals surface area (Å²) in [5, 5.41) is 0. The molecule has 2 unspecified atom stereocenters. The fourth-order valence-corrected chi connectivity index (χ4v) is 4.76. The van der Waals surface area contributed by atoms with Gasteiger partial charge in [0.2, 0.25) is 10.5 Å². The molecule has 0 heterocycles. The van der Waals surface area contributed by atoms with E-state index in [1.54, 1.807) is 0 Å². The third kappa shape index (κ3) is 4.10. The fourth-order valence-electron chi connectivity index (χ4n) is 4.37. The number of fused-ring (bicyclic) bond motifs is 1. The van der Waals surface area contributed by atoms with E-state index in [-0.39, 0.29) is 27.8 Å². The van der Waals surface area contributed by atoms with Crippen LogP contribution in [0.2, 0.25) is 0 Å². The number of rotatable bonds is 5. The smallest absolute Gasteiger partial charge is 0.247 e. The van der Waals surface area contributed by atoms with Crippen molar-refractivity contribution < 1.29 is 9.22 Å². The molecule has 0 spiro atoms. The van der Waals surface area contributed by atoms with E-state index in [0.29, 0.717) is 0 Å². The van der Waals surface area contributed by atoms with Crippen LogP contribution in [-0.4, -0.2) is 22.4 Å². The maximum Gasteiger partial charge on any atom is 0.247 e. The Morgan fingerprint density at radius 1 is 1.07 bits per heavy atom. The Morgan fingerprint density at radius 2 is 1.56 bits per heavy atom. The van der Waals surface area contributed by atoms with Gasteiger partial charge in [0, 0.05) is 5.56 Å². The quantitative estimate of drug-likeness (QED) is 0.442. The Morgan fingerprint density at radius 3 is 1.96 bits per heavy atom. The Hall–Kier alpha value is -0.933. The molecule has 1 aromatic carbocycles. The van der Waals surface area contributed by atoms with Crippen LogP contribution in [-0.2, 0) is 15.3 Å². The largest absolute Gasteiger partial charge is 0.413 e. The van der Waals surface area contributed by atoms with Crippen molar-refractivity contribution in [2.24, 2.45) is 5.41 Å². The second kappa shape index (κ2) is 7.15. The van der Waals surface area contributed by atoms with E-state index in [9.17, 15) is 4.79 Å². The first-order valence-electron chi connectivity index (χ1n) is 10.2. The number of carbonyl (C=O) groups is 1. The molecule has 0 saturated carbocycles. The lowest BCUT2D eigenvalue weighted by atomic mass is 9.62. The van der Waals surface area contributed by atoms with E-state index in [2.05, 4.69) is 84.9 Å². The molecule has 2 atom stereocenters. The predicted octanol–water partition coefficient (Wildman–Crippen LogP) is 6.25. The summed E-state index contributed by atoms with van der Waals surface area (Å²) in [5.41, 5.74) is 4.61. The third-order valence-corrected chi connectivity index (χ3v) is 7.67. The molecule has 0 aromatic heterocycles. The minimum atomic E-state index is -0.339. The van der Waals surface area contributed by atoms with E-state index < -0.39 is 0 Å². The van der Waals surface area contributed by atoms with Gasteiger partial charge in [-0.3, -0.25) is 4.79 Å². The van der Waals surface area contributed by atoms with Crippen LogP contribution in [0.25, 0.3) is 0 Å². The molecule has 0 fully saturated rings. The fraction of sp³-hybridized carbons (Fsp3) is 0.708. The van der Waals surface area contributed by atoms with Gasteiger partial charge in [-0.15, -0.1) is 0 Å². The molecule has 0 amide bonds. The van der Waals surface area contributed by atoms with E-state index in [1.807, 2.05) is 0 Å². The van der Waals surface area contributed by atoms with Crippen LogP contribution >= 0.6 is 0 Å². The van der Waals surface area contributed by atoms with Gasteiger partial charge < -0.3 is 4.43 Å². The monoisotopic (exact) mass is 385 g/mol. The van der Waals surface area contributed by atoms with Gasteiger partial charge in [0.1, 0.15) is 6.29 Å². The first-order valence-corrected chi connectivity index (χ1v) is 10.6. The van der Waals surface area contributed by atoms with Gasteiger partial charge in [0.15, 0.2) is 0 Å². The molecule has 0 N–H and O–H groups in total. The molecular weight excluding hydrogens is 348 g/mol. The zero-order valence-corrected chi connectivity index (χ0v) is 19.7. The molecule has 2 rings (SSSR count). The van der Waals surface area contributed by atoms with Crippen molar-refractivity contribution in [1.29, 1.82) is 0 Å². The lowest BCUT2D eigenvalue weighted by Crippen LogP contribution is -2.43. The van der Waals surface area contributed by atoms with Gasteiger partial charge in [0.25, 0.3) is 0 Å². The minimum Gasteiger partial charge on any atom is -0.413 e. The molecule has 3 radical (unpaired) electrons. The van der Waals surface area contributed by atoms with Crippen molar-refractivity contribution in [2.75, 3.05) is 0 Å². The second-order valence-corrected chi connectivity index (χ2v) is 11.3. The van der Waals surface area contributed by atoms with Crippen LogP contribution < -0.4 is 0 Å². The van der Waals surface area contributed by atoms with Crippen LogP contribution in [0, 0.1) is 5.41 Å². The Kier molecular flexibility index (Phi) is 5.92. The topological polar surface area (TPSA) is 26.3 Å². The number of carbonyl (C=O) groups excluding carboxylic acids is 1. The summed E-state index contributed by atoms with van der Waals surface area (Å²) in [7, 11) is 3.32. The number of hydrogen-bond acceptors (Lipinski definition) is 2. The van der Waals surface area contributed by atoms with Gasteiger partial charge in [-0.2, -0.15) is 0 Å². The zero-order chi connectivity index (χ0) is 20.8. The van der Waals surface area contributed by atoms with Crippen LogP contribution in [0.5, 0.6) is 0 Å². The molecule has 1 aromatic rings. The van der Waals surface area contributed by atoms with E-state index in [4.69, 9.17) is 4.43 Å². The Bertz CT molecular complexity index is 712. The maximum atomic E-state index is 12.0. The number of hydrogen-bond donors (Lipinski definition) is 0. The highest BCUT2D eigenvalue weighted by atomic mass is 28.2. The molecule has 2 nitrogen and oxygen atoms in total. The average Bonchev–Trinajstić information content (AvgIpc) is 2.56. The van der Waals surface area contributed by atoms with Crippen molar-refractivity contribution >= 4 is 16.8 Å². The third-order valence-electron chi connectivity index (χ3n) is 7.22. The van der Waals surface area contributed by atoms with Gasteiger partial charge in [-0.1, -0.05) is 61.5 Å². The SMILES string of the molecule is CC(CC(C)(O[Si])C(C)(C)C)c1cc2c(cc1C=O)C(C)(C)CCC2(C)C. The van der Waals surface area contributed by atoms with Crippen molar-refractivity contribution in [3.8, 4) is 0 Å². The highest BCUT2D eigenvalue weighted by Gasteiger charge is 2.41. The summed E-state index contributed by atoms with van der Waals surface area (Å²) in [6, 6.07) is 4.49. The summed E-state index contributed by atoms with van der Waals surface area (Å²) < 4.78 is 5.77. The minimum absolute atomic E-state index is 0.0280. The van der Waals surface area contributed by atoms with Gasteiger partial charge in [-0.25, -0.2) is 0 Å². The average molecular weight is 386 g/mol. The Labute approximate surface area is 170 Å². The number of aldehydes is 1. The van der Waals surface area contributed by atoms with Gasteiger partial charge in [-0.05, 0) is 71.1 Å². The first kappa shape index (κ1) is 22.4. The molecule has 1 aliphatic rings. The molecule has 0 saturated heterocycles. The molecule has 3 heteroatoms. The Balaban J connectivity index is 2.56. The molecule has 149 valence electrons. The van der Waals surface area contributed by atoms with Gasteiger partial charge >= 0.3 is 0 Å². The second-order valence-electron chi connectivity index (χ2n) is 11.1. The van der Waals surface area contributed by atoms with Crippen LogP contribution in [0.1, 0.15) is 115 Å². The summed E-state index contributed by atoms with van der Waals surface area (Å²) >= 11 is 0. The standard InChI is InChI=1S/C24H37O2Si/c1-16(14-24(9,26-27)21(2,3)4)18-13-20-19(12-17(18)15-25)22(5,6)10-11-23(20,7)8/h12-13,15-16H,10-11,14H2,1-9H3. The highest BCUT2D eigenvalue weighted by molar-refractivity contribution is 5.98. The first-order chi connectivity index (χ1) is 12.2. The van der Waals surface area contributed by atoms with Crippen molar-refractivity contribution in [3.63, 3.8) is 0 Å². The van der Waals surface area contributed by atoms with Crippen molar-refractivity contribution in [2.45, 2.75) is 104 Å². The van der Waals surface area contributed by atoms with Crippen molar-refractivity contribution in [1.82, 2.24) is 0 Å². The summed E-state index contributed by atoms with van der Waals surface area (Å²) in [6.45, 7) is 20.2. The lowest BCUT2D eigenvalue weighted by Gasteiger charge is -2.44. The summed E-state index contributed by atoms with van der Waals surface area (Å²) in [5.74, 6) is 0.219.